The largest absolute Gasteiger partial charge is 0.487 e. The van der Waals surface area contributed by atoms with Crippen molar-refractivity contribution < 1.29 is 18.7 Å². The smallest absolute Gasteiger partial charge is 0.336 e. The number of carbonyl (C=O) groups is 1. The topological polar surface area (TPSA) is 77.8 Å². The standard InChI is InChI=1S/C25H27NO5/c1-15(2)26-21(27)14-29-20-13-19-17(10-11-25(3,4)31-19)24-23(20)18(12-22(28)30-24)16-8-6-5-7-9-16/h5-9,12-13,15H,10-11,14H2,1-4H3,(H,26,27). The highest BCUT2D eigenvalue weighted by Crippen LogP contribution is 2.44. The lowest BCUT2D eigenvalue weighted by Crippen LogP contribution is -2.34. The van der Waals surface area contributed by atoms with Gasteiger partial charge >= 0.3 is 5.63 Å². The van der Waals surface area contributed by atoms with E-state index in [0.717, 1.165) is 17.5 Å². The quantitative estimate of drug-likeness (QED) is 0.615. The first-order chi connectivity index (χ1) is 14.7. The Morgan fingerprint density at radius 2 is 1.94 bits per heavy atom. The zero-order chi connectivity index (χ0) is 22.2. The maximum atomic E-state index is 12.5. The molecule has 1 aliphatic heterocycles. The number of fused-ring (bicyclic) bond motifs is 3. The summed E-state index contributed by atoms with van der Waals surface area (Å²) in [5.41, 5.74) is 2.10. The van der Waals surface area contributed by atoms with Gasteiger partial charge in [0.15, 0.2) is 6.61 Å². The highest BCUT2D eigenvalue weighted by Gasteiger charge is 2.31. The van der Waals surface area contributed by atoms with Crippen LogP contribution in [0.15, 0.2) is 51.7 Å². The monoisotopic (exact) mass is 421 g/mol. The molecule has 4 rings (SSSR count). The molecule has 0 radical (unpaired) electrons. The van der Waals surface area contributed by atoms with Gasteiger partial charge in [0.1, 0.15) is 22.7 Å². The van der Waals surface area contributed by atoms with Gasteiger partial charge in [-0.25, -0.2) is 4.79 Å². The summed E-state index contributed by atoms with van der Waals surface area (Å²) in [7, 11) is 0. The zero-order valence-electron chi connectivity index (χ0n) is 18.3. The average molecular weight is 421 g/mol. The molecule has 2 aromatic carbocycles. The number of amides is 1. The van der Waals surface area contributed by atoms with Crippen molar-refractivity contribution in [1.82, 2.24) is 5.32 Å². The number of nitrogens with one attached hydrogen (secondary N) is 1. The van der Waals surface area contributed by atoms with Crippen molar-refractivity contribution in [2.24, 2.45) is 0 Å². The van der Waals surface area contributed by atoms with Gasteiger partial charge in [-0.15, -0.1) is 0 Å². The molecule has 0 saturated carbocycles. The van der Waals surface area contributed by atoms with E-state index in [0.29, 0.717) is 34.5 Å². The summed E-state index contributed by atoms with van der Waals surface area (Å²) in [4.78, 5) is 24.7. The fourth-order valence-electron chi connectivity index (χ4n) is 3.91. The molecule has 6 nitrogen and oxygen atoms in total. The van der Waals surface area contributed by atoms with Crippen LogP contribution in [-0.4, -0.2) is 24.2 Å². The van der Waals surface area contributed by atoms with Crippen LogP contribution in [0.25, 0.3) is 22.1 Å². The molecule has 0 aliphatic carbocycles. The molecule has 0 unspecified atom stereocenters. The Morgan fingerprint density at radius 1 is 1.19 bits per heavy atom. The molecule has 1 amide bonds. The molecular formula is C25H27NO5. The minimum Gasteiger partial charge on any atom is -0.487 e. The molecule has 0 bridgehead atoms. The van der Waals surface area contributed by atoms with E-state index in [1.54, 1.807) is 0 Å². The molecule has 162 valence electrons. The zero-order valence-corrected chi connectivity index (χ0v) is 18.3. The first-order valence-corrected chi connectivity index (χ1v) is 10.5. The van der Waals surface area contributed by atoms with E-state index < -0.39 is 5.63 Å². The second-order valence-electron chi connectivity index (χ2n) is 8.77. The summed E-state index contributed by atoms with van der Waals surface area (Å²) >= 11 is 0. The lowest BCUT2D eigenvalue weighted by molar-refractivity contribution is -0.123. The van der Waals surface area contributed by atoms with Gasteiger partial charge in [-0.2, -0.15) is 0 Å². The number of ether oxygens (including phenoxy) is 2. The van der Waals surface area contributed by atoms with E-state index >= 15 is 0 Å². The highest BCUT2D eigenvalue weighted by atomic mass is 16.5. The van der Waals surface area contributed by atoms with Crippen molar-refractivity contribution >= 4 is 16.9 Å². The van der Waals surface area contributed by atoms with Crippen LogP contribution in [0.5, 0.6) is 11.5 Å². The van der Waals surface area contributed by atoms with E-state index in [1.807, 2.05) is 64.1 Å². The predicted octanol–water partition coefficient (Wildman–Crippen LogP) is 4.47. The van der Waals surface area contributed by atoms with Crippen LogP contribution in [0, 0.1) is 0 Å². The fraction of sp³-hybridized carbons (Fsp3) is 0.360. The Hall–Kier alpha value is -3.28. The molecule has 0 spiro atoms. The highest BCUT2D eigenvalue weighted by molar-refractivity contribution is 6.00. The number of carbonyl (C=O) groups excluding carboxylic acids is 1. The second-order valence-corrected chi connectivity index (χ2v) is 8.77. The normalized spacial score (nSPS) is 14.7. The summed E-state index contributed by atoms with van der Waals surface area (Å²) in [6.45, 7) is 7.68. The van der Waals surface area contributed by atoms with Crippen molar-refractivity contribution in [3.63, 3.8) is 0 Å². The van der Waals surface area contributed by atoms with Crippen LogP contribution in [0.1, 0.15) is 39.7 Å². The van der Waals surface area contributed by atoms with E-state index in [2.05, 4.69) is 5.32 Å². The van der Waals surface area contributed by atoms with Gasteiger partial charge < -0.3 is 19.2 Å². The average Bonchev–Trinajstić information content (AvgIpc) is 2.70. The van der Waals surface area contributed by atoms with Gasteiger partial charge in [0, 0.05) is 29.3 Å². The molecule has 0 saturated heterocycles. The van der Waals surface area contributed by atoms with E-state index in [-0.39, 0.29) is 24.2 Å². The van der Waals surface area contributed by atoms with E-state index in [1.165, 1.54) is 6.07 Å². The third-order valence-corrected chi connectivity index (χ3v) is 5.30. The van der Waals surface area contributed by atoms with Crippen LogP contribution < -0.4 is 20.4 Å². The Morgan fingerprint density at radius 3 is 2.65 bits per heavy atom. The third-order valence-electron chi connectivity index (χ3n) is 5.30. The Balaban J connectivity index is 1.91. The number of hydrogen-bond donors (Lipinski definition) is 1. The molecule has 1 aliphatic rings. The first-order valence-electron chi connectivity index (χ1n) is 10.5. The number of hydrogen-bond acceptors (Lipinski definition) is 5. The first kappa shape index (κ1) is 21.0. The Bertz CT molecular complexity index is 1180. The SMILES string of the molecule is CC(C)NC(=O)COc1cc2c(c3oc(=O)cc(-c4ccccc4)c13)CCC(C)(C)O2. The molecule has 0 fully saturated rings. The minimum absolute atomic E-state index is 0.0124. The maximum absolute atomic E-state index is 12.5. The number of rotatable bonds is 5. The molecule has 1 aromatic heterocycles. The van der Waals surface area contributed by atoms with Gasteiger partial charge in [0.2, 0.25) is 0 Å². The molecule has 3 aromatic rings. The summed E-state index contributed by atoms with van der Waals surface area (Å²) in [6, 6.07) is 12.9. The molecule has 1 N–H and O–H groups in total. The maximum Gasteiger partial charge on any atom is 0.336 e. The van der Waals surface area contributed by atoms with Crippen molar-refractivity contribution in [1.29, 1.82) is 0 Å². The summed E-state index contributed by atoms with van der Waals surface area (Å²) in [6.07, 6.45) is 1.51. The molecule has 0 atom stereocenters. The lowest BCUT2D eigenvalue weighted by Gasteiger charge is -2.33. The van der Waals surface area contributed by atoms with Crippen LogP contribution in [0.2, 0.25) is 0 Å². The van der Waals surface area contributed by atoms with Crippen LogP contribution in [0.4, 0.5) is 0 Å². The summed E-state index contributed by atoms with van der Waals surface area (Å²) in [5, 5.41) is 3.49. The van der Waals surface area contributed by atoms with Crippen LogP contribution in [-0.2, 0) is 11.2 Å². The Labute approximate surface area is 181 Å². The molecule has 31 heavy (non-hydrogen) atoms. The van der Waals surface area contributed by atoms with Gasteiger partial charge in [-0.3, -0.25) is 4.79 Å². The predicted molar refractivity (Wildman–Crippen MR) is 120 cm³/mol. The summed E-state index contributed by atoms with van der Waals surface area (Å²) in [5.74, 6) is 0.852. The van der Waals surface area contributed by atoms with Crippen molar-refractivity contribution in [3.05, 3.63) is 58.4 Å². The number of benzene rings is 2. The molecule has 6 heteroatoms. The van der Waals surface area contributed by atoms with Gasteiger partial charge in [-0.05, 0) is 46.1 Å². The fourth-order valence-corrected chi connectivity index (χ4v) is 3.91. The lowest BCUT2D eigenvalue weighted by atomic mass is 9.91. The molecule has 2 heterocycles. The van der Waals surface area contributed by atoms with E-state index in [9.17, 15) is 9.59 Å². The van der Waals surface area contributed by atoms with E-state index in [4.69, 9.17) is 13.9 Å². The third kappa shape index (κ3) is 4.43. The second kappa shape index (κ2) is 8.10. The molecular weight excluding hydrogens is 394 g/mol. The van der Waals surface area contributed by atoms with Gasteiger partial charge in [0.25, 0.3) is 5.91 Å². The van der Waals surface area contributed by atoms with Crippen LogP contribution >= 0.6 is 0 Å². The minimum atomic E-state index is -0.437. The summed E-state index contributed by atoms with van der Waals surface area (Å²) < 4.78 is 17.8. The van der Waals surface area contributed by atoms with Crippen molar-refractivity contribution in [2.75, 3.05) is 6.61 Å². The van der Waals surface area contributed by atoms with Gasteiger partial charge in [-0.1, -0.05) is 30.3 Å². The van der Waals surface area contributed by atoms with Gasteiger partial charge in [0.05, 0.1) is 5.39 Å². The van der Waals surface area contributed by atoms with Crippen LogP contribution in [0.3, 0.4) is 0 Å². The van der Waals surface area contributed by atoms with Crippen molar-refractivity contribution in [2.45, 2.75) is 52.2 Å². The Kier molecular flexibility index (Phi) is 5.48. The number of aryl methyl sites for hydroxylation is 1. The van der Waals surface area contributed by atoms with Crippen molar-refractivity contribution in [3.8, 4) is 22.6 Å².